The average Bonchev–Trinajstić information content (AvgIpc) is 1.61. The summed E-state index contributed by atoms with van der Waals surface area (Å²) in [5, 5.41) is 3.13. The minimum Gasteiger partial charge on any atom is -0.405 e. The van der Waals surface area contributed by atoms with Gasteiger partial charge in [-0.05, 0) is 12.3 Å². The van der Waals surface area contributed by atoms with Gasteiger partial charge in [-0.15, -0.1) is 0 Å². The molecule has 3 nitrogen and oxygen atoms in total. The second-order valence-electron chi connectivity index (χ2n) is 0.683. The fourth-order valence-electron chi connectivity index (χ4n) is 0.0994. The van der Waals surface area contributed by atoms with Crippen molar-refractivity contribution in [3.8, 4) is 0 Å². The highest BCUT2D eigenvalue weighted by molar-refractivity contribution is 5.70. The van der Waals surface area contributed by atoms with Gasteiger partial charge in [0.05, 0.1) is 0 Å². The number of allylic oxidation sites excluding steroid dienone is 1. The zero-order chi connectivity index (χ0) is 4.83. The van der Waals surface area contributed by atoms with Crippen LogP contribution >= 0.6 is 0 Å². The molecule has 0 amide bonds. The standard InChI is InChI=1S/C3H7N3/c4-2-1-3-6-5/h1-3H,4-5H2. The molecule has 0 saturated heterocycles. The predicted molar refractivity (Wildman–Crippen MR) is 26.0 cm³/mol. The molecule has 6 heavy (non-hydrogen) atoms. The Bertz CT molecular complexity index is 54.4. The Balaban J connectivity index is 3.07. The number of nitrogens with two attached hydrogens (primary N) is 2. The third-order valence-corrected chi connectivity index (χ3v) is 0.283. The first-order valence-corrected chi connectivity index (χ1v) is 1.52. The van der Waals surface area contributed by atoms with Crippen molar-refractivity contribution in [3.63, 3.8) is 0 Å². The molecule has 0 aromatic carbocycles. The summed E-state index contributed by atoms with van der Waals surface area (Å²) in [6.07, 6.45) is 4.30. The van der Waals surface area contributed by atoms with Crippen LogP contribution in [-0.4, -0.2) is 6.21 Å². The minimum atomic E-state index is 1.36. The summed E-state index contributed by atoms with van der Waals surface area (Å²) in [5.74, 6) is 4.68. The largest absolute Gasteiger partial charge is 0.405 e. The fourth-order valence-corrected chi connectivity index (χ4v) is 0.0994. The quantitative estimate of drug-likeness (QED) is 0.254. The maximum absolute atomic E-state index is 4.89. The van der Waals surface area contributed by atoms with E-state index in [1.54, 1.807) is 6.08 Å². The van der Waals surface area contributed by atoms with Crippen LogP contribution in [0.25, 0.3) is 0 Å². The van der Waals surface area contributed by atoms with E-state index in [4.69, 9.17) is 5.73 Å². The topological polar surface area (TPSA) is 64.4 Å². The zero-order valence-electron chi connectivity index (χ0n) is 3.33. The minimum absolute atomic E-state index is 1.36. The summed E-state index contributed by atoms with van der Waals surface area (Å²) in [4.78, 5) is 0. The van der Waals surface area contributed by atoms with Crippen molar-refractivity contribution in [1.29, 1.82) is 0 Å². The fraction of sp³-hybridized carbons (Fsp3) is 0. The SMILES string of the molecule is NC=CC=NN. The van der Waals surface area contributed by atoms with E-state index in [0.717, 1.165) is 0 Å². The van der Waals surface area contributed by atoms with Crippen LogP contribution in [0.3, 0.4) is 0 Å². The Morgan fingerprint density at radius 2 is 2.17 bits per heavy atom. The first kappa shape index (κ1) is 5.01. The van der Waals surface area contributed by atoms with E-state index < -0.39 is 0 Å². The smallest absolute Gasteiger partial charge is 0.0479 e. The van der Waals surface area contributed by atoms with Crippen LogP contribution in [0, 0.1) is 0 Å². The molecule has 0 aliphatic carbocycles. The molecule has 0 radical (unpaired) electrons. The molecule has 0 aliphatic heterocycles. The normalized spacial score (nSPS) is 11.3. The molecule has 0 saturated carbocycles. The predicted octanol–water partition coefficient (Wildman–Crippen LogP) is -0.597. The van der Waals surface area contributed by atoms with Gasteiger partial charge in [-0.3, -0.25) is 0 Å². The first-order valence-electron chi connectivity index (χ1n) is 1.52. The molecular formula is C3H7N3. The zero-order valence-corrected chi connectivity index (χ0v) is 3.33. The van der Waals surface area contributed by atoms with E-state index in [1.807, 2.05) is 0 Å². The molecule has 0 aromatic heterocycles. The van der Waals surface area contributed by atoms with Crippen LogP contribution < -0.4 is 11.6 Å². The van der Waals surface area contributed by atoms with Crippen molar-refractivity contribution in [1.82, 2.24) is 0 Å². The molecule has 0 heterocycles. The van der Waals surface area contributed by atoms with Gasteiger partial charge in [-0.2, -0.15) is 5.10 Å². The highest BCUT2D eigenvalue weighted by Gasteiger charge is 1.49. The van der Waals surface area contributed by atoms with Gasteiger partial charge in [-0.1, -0.05) is 0 Å². The molecule has 0 bridgehead atoms. The van der Waals surface area contributed by atoms with Crippen molar-refractivity contribution < 1.29 is 0 Å². The van der Waals surface area contributed by atoms with Gasteiger partial charge in [0.25, 0.3) is 0 Å². The maximum atomic E-state index is 4.89. The molecule has 0 spiro atoms. The van der Waals surface area contributed by atoms with Crippen molar-refractivity contribution in [2.45, 2.75) is 0 Å². The van der Waals surface area contributed by atoms with Gasteiger partial charge in [0.15, 0.2) is 0 Å². The van der Waals surface area contributed by atoms with Gasteiger partial charge in [0, 0.05) is 6.21 Å². The second kappa shape index (κ2) is 4.01. The number of hydrogen-bond donors (Lipinski definition) is 2. The van der Waals surface area contributed by atoms with E-state index >= 15 is 0 Å². The summed E-state index contributed by atoms with van der Waals surface area (Å²) >= 11 is 0. The Labute approximate surface area is 36.3 Å². The number of hydrazone groups is 1. The summed E-state index contributed by atoms with van der Waals surface area (Å²) in [6.45, 7) is 0. The van der Waals surface area contributed by atoms with Crippen LogP contribution in [0.1, 0.15) is 0 Å². The van der Waals surface area contributed by atoms with Gasteiger partial charge in [-0.25, -0.2) is 0 Å². The summed E-state index contributed by atoms with van der Waals surface area (Å²) in [7, 11) is 0. The number of rotatable bonds is 1. The molecular weight excluding hydrogens is 78.1 g/mol. The van der Waals surface area contributed by atoms with Gasteiger partial charge < -0.3 is 11.6 Å². The van der Waals surface area contributed by atoms with E-state index in [9.17, 15) is 0 Å². The van der Waals surface area contributed by atoms with E-state index in [-0.39, 0.29) is 0 Å². The van der Waals surface area contributed by atoms with Crippen LogP contribution in [0.4, 0.5) is 0 Å². The molecule has 0 aliphatic rings. The van der Waals surface area contributed by atoms with Crippen molar-refractivity contribution in [2.75, 3.05) is 0 Å². The second-order valence-corrected chi connectivity index (χ2v) is 0.683. The maximum Gasteiger partial charge on any atom is 0.0479 e. The van der Waals surface area contributed by atoms with E-state index in [1.165, 1.54) is 12.4 Å². The lowest BCUT2D eigenvalue weighted by Gasteiger charge is -1.65. The highest BCUT2D eigenvalue weighted by Crippen LogP contribution is 1.50. The molecule has 0 fully saturated rings. The molecule has 4 N–H and O–H groups in total. The van der Waals surface area contributed by atoms with Gasteiger partial charge >= 0.3 is 0 Å². The monoisotopic (exact) mass is 85.1 g/mol. The van der Waals surface area contributed by atoms with Crippen molar-refractivity contribution >= 4 is 6.21 Å². The lowest BCUT2D eigenvalue weighted by Crippen LogP contribution is -1.80. The molecule has 3 heteroatoms. The van der Waals surface area contributed by atoms with Crippen LogP contribution in [0.5, 0.6) is 0 Å². The van der Waals surface area contributed by atoms with E-state index in [0.29, 0.717) is 0 Å². The number of nitrogens with zero attached hydrogens (tertiary/aromatic N) is 1. The molecule has 34 valence electrons. The lowest BCUT2D eigenvalue weighted by atomic mass is 10.7. The molecule has 0 aromatic rings. The van der Waals surface area contributed by atoms with Crippen LogP contribution in [-0.2, 0) is 0 Å². The van der Waals surface area contributed by atoms with E-state index in [2.05, 4.69) is 10.9 Å². The Morgan fingerprint density at radius 1 is 1.50 bits per heavy atom. The molecule has 0 unspecified atom stereocenters. The average molecular weight is 85.1 g/mol. The van der Waals surface area contributed by atoms with Crippen LogP contribution in [0.15, 0.2) is 17.4 Å². The third-order valence-electron chi connectivity index (χ3n) is 0.283. The highest BCUT2D eigenvalue weighted by atomic mass is 15.1. The number of hydrogen-bond acceptors (Lipinski definition) is 3. The third kappa shape index (κ3) is 3.01. The summed E-state index contributed by atoms with van der Waals surface area (Å²) in [6, 6.07) is 0. The summed E-state index contributed by atoms with van der Waals surface area (Å²) in [5.41, 5.74) is 4.89. The van der Waals surface area contributed by atoms with Crippen molar-refractivity contribution in [2.24, 2.45) is 16.7 Å². The van der Waals surface area contributed by atoms with Gasteiger partial charge in [0.2, 0.25) is 0 Å². The Morgan fingerprint density at radius 3 is 2.33 bits per heavy atom. The first-order chi connectivity index (χ1) is 2.91. The Hall–Kier alpha value is -0.990. The Kier molecular flexibility index (Phi) is 3.35. The molecule has 0 rings (SSSR count). The summed E-state index contributed by atoms with van der Waals surface area (Å²) < 4.78 is 0. The lowest BCUT2D eigenvalue weighted by molar-refractivity contribution is 1.27. The van der Waals surface area contributed by atoms with Crippen LogP contribution in [0.2, 0.25) is 0 Å². The van der Waals surface area contributed by atoms with Gasteiger partial charge in [0.1, 0.15) is 0 Å². The molecule has 0 atom stereocenters. The van der Waals surface area contributed by atoms with Crippen molar-refractivity contribution in [3.05, 3.63) is 12.3 Å².